The van der Waals surface area contributed by atoms with Crippen molar-refractivity contribution in [2.75, 3.05) is 7.05 Å². The Labute approximate surface area is 128 Å². The van der Waals surface area contributed by atoms with Gasteiger partial charge >= 0.3 is 0 Å². The standard InChI is InChI=1S/C14H18ClN3OS/c1-14(2,19)13-17-10(9-20-13)7-18(3)8-12-11(15)5-4-6-16-12/h4-6,9,19H,7-8H2,1-3H3. The van der Waals surface area contributed by atoms with Crippen molar-refractivity contribution in [3.8, 4) is 0 Å². The van der Waals surface area contributed by atoms with E-state index >= 15 is 0 Å². The van der Waals surface area contributed by atoms with Gasteiger partial charge in [0.2, 0.25) is 0 Å². The van der Waals surface area contributed by atoms with Crippen LogP contribution in [-0.2, 0) is 18.7 Å². The molecule has 20 heavy (non-hydrogen) atoms. The zero-order chi connectivity index (χ0) is 14.8. The molecule has 0 aromatic carbocycles. The third-order valence-corrected chi connectivity index (χ3v) is 4.31. The summed E-state index contributed by atoms with van der Waals surface area (Å²) in [4.78, 5) is 10.8. The SMILES string of the molecule is CN(Cc1csc(C(C)(C)O)n1)Cc1ncccc1Cl. The highest BCUT2D eigenvalue weighted by Crippen LogP contribution is 2.24. The summed E-state index contributed by atoms with van der Waals surface area (Å²) >= 11 is 7.58. The van der Waals surface area contributed by atoms with Crippen LogP contribution in [0.2, 0.25) is 5.02 Å². The number of rotatable bonds is 5. The van der Waals surface area contributed by atoms with Crippen molar-refractivity contribution >= 4 is 22.9 Å². The maximum Gasteiger partial charge on any atom is 0.124 e. The molecule has 0 unspecified atom stereocenters. The van der Waals surface area contributed by atoms with Crippen molar-refractivity contribution in [3.05, 3.63) is 45.1 Å². The molecular formula is C14H18ClN3OS. The summed E-state index contributed by atoms with van der Waals surface area (Å²) in [5.41, 5.74) is 0.919. The van der Waals surface area contributed by atoms with Gasteiger partial charge in [-0.15, -0.1) is 11.3 Å². The van der Waals surface area contributed by atoms with Crippen LogP contribution in [0.5, 0.6) is 0 Å². The van der Waals surface area contributed by atoms with Crippen molar-refractivity contribution in [2.45, 2.75) is 32.5 Å². The zero-order valence-electron chi connectivity index (χ0n) is 11.8. The van der Waals surface area contributed by atoms with E-state index < -0.39 is 5.60 Å². The summed E-state index contributed by atoms with van der Waals surface area (Å²) in [6, 6.07) is 3.66. The summed E-state index contributed by atoms with van der Waals surface area (Å²) in [6.45, 7) is 4.84. The summed E-state index contributed by atoms with van der Waals surface area (Å²) in [6.07, 6.45) is 1.74. The first-order valence-corrected chi connectivity index (χ1v) is 7.57. The quantitative estimate of drug-likeness (QED) is 0.922. The Hall–Kier alpha value is -1.01. The van der Waals surface area contributed by atoms with E-state index in [4.69, 9.17) is 11.6 Å². The van der Waals surface area contributed by atoms with Gasteiger partial charge in [-0.25, -0.2) is 4.98 Å². The van der Waals surface area contributed by atoms with Crippen LogP contribution in [0.3, 0.4) is 0 Å². The molecule has 0 aliphatic carbocycles. The van der Waals surface area contributed by atoms with E-state index in [2.05, 4.69) is 14.9 Å². The van der Waals surface area contributed by atoms with E-state index in [-0.39, 0.29) is 0 Å². The van der Waals surface area contributed by atoms with Gasteiger partial charge in [-0.3, -0.25) is 9.88 Å². The maximum atomic E-state index is 9.91. The Morgan fingerprint density at radius 2 is 2.15 bits per heavy atom. The molecule has 0 radical (unpaired) electrons. The van der Waals surface area contributed by atoms with Gasteiger partial charge in [0, 0.05) is 24.7 Å². The Balaban J connectivity index is 2.00. The molecule has 0 spiro atoms. The van der Waals surface area contributed by atoms with Crippen LogP contribution >= 0.6 is 22.9 Å². The van der Waals surface area contributed by atoms with Crippen molar-refractivity contribution in [1.82, 2.24) is 14.9 Å². The van der Waals surface area contributed by atoms with Gasteiger partial charge < -0.3 is 5.11 Å². The van der Waals surface area contributed by atoms with E-state index in [9.17, 15) is 5.11 Å². The lowest BCUT2D eigenvalue weighted by Crippen LogP contribution is -2.19. The summed E-state index contributed by atoms with van der Waals surface area (Å²) < 4.78 is 0. The molecule has 108 valence electrons. The third-order valence-electron chi connectivity index (χ3n) is 2.76. The zero-order valence-corrected chi connectivity index (χ0v) is 13.4. The number of hydrogen-bond acceptors (Lipinski definition) is 5. The fraction of sp³-hybridized carbons (Fsp3) is 0.429. The highest BCUT2D eigenvalue weighted by atomic mass is 35.5. The topological polar surface area (TPSA) is 49.2 Å². The van der Waals surface area contributed by atoms with Gasteiger partial charge in [0.05, 0.1) is 16.4 Å². The second-order valence-electron chi connectivity index (χ2n) is 5.31. The van der Waals surface area contributed by atoms with Gasteiger partial charge in [0.1, 0.15) is 10.6 Å². The van der Waals surface area contributed by atoms with Gasteiger partial charge in [0.25, 0.3) is 0 Å². The summed E-state index contributed by atoms with van der Waals surface area (Å²) in [5, 5.41) is 13.3. The second kappa shape index (κ2) is 6.18. The minimum absolute atomic E-state index is 0.662. The molecule has 0 atom stereocenters. The van der Waals surface area contributed by atoms with Crippen LogP contribution in [0.4, 0.5) is 0 Å². The molecule has 6 heteroatoms. The van der Waals surface area contributed by atoms with Crippen molar-refractivity contribution in [1.29, 1.82) is 0 Å². The monoisotopic (exact) mass is 311 g/mol. The Kier molecular flexibility index (Phi) is 4.75. The molecule has 2 aromatic rings. The molecule has 0 aliphatic rings. The molecule has 2 aromatic heterocycles. The van der Waals surface area contributed by atoms with Crippen molar-refractivity contribution in [3.63, 3.8) is 0 Å². The lowest BCUT2D eigenvalue weighted by Gasteiger charge is -2.16. The first-order chi connectivity index (χ1) is 9.36. The Bertz CT molecular complexity index is 580. The number of aliphatic hydroxyl groups is 1. The average molecular weight is 312 g/mol. The molecule has 1 N–H and O–H groups in total. The Morgan fingerprint density at radius 3 is 2.75 bits per heavy atom. The molecule has 0 saturated heterocycles. The second-order valence-corrected chi connectivity index (χ2v) is 6.57. The summed E-state index contributed by atoms with van der Waals surface area (Å²) in [5.74, 6) is 0. The number of thiazole rings is 1. The number of pyridine rings is 1. The molecule has 4 nitrogen and oxygen atoms in total. The first kappa shape index (κ1) is 15.4. The fourth-order valence-electron chi connectivity index (χ4n) is 1.78. The Morgan fingerprint density at radius 1 is 1.40 bits per heavy atom. The highest BCUT2D eigenvalue weighted by Gasteiger charge is 2.20. The minimum atomic E-state index is -0.883. The van der Waals surface area contributed by atoms with E-state index in [0.29, 0.717) is 18.1 Å². The van der Waals surface area contributed by atoms with Crippen molar-refractivity contribution in [2.24, 2.45) is 0 Å². The maximum absolute atomic E-state index is 9.91. The van der Waals surface area contributed by atoms with Crippen LogP contribution < -0.4 is 0 Å². The van der Waals surface area contributed by atoms with Gasteiger partial charge in [-0.1, -0.05) is 11.6 Å². The third kappa shape index (κ3) is 3.99. The number of hydrogen-bond donors (Lipinski definition) is 1. The van der Waals surface area contributed by atoms with E-state index in [0.717, 1.165) is 16.4 Å². The normalized spacial score (nSPS) is 12.1. The lowest BCUT2D eigenvalue weighted by molar-refractivity contribution is 0.0780. The smallest absolute Gasteiger partial charge is 0.124 e. The number of nitrogens with zero attached hydrogens (tertiary/aromatic N) is 3. The summed E-state index contributed by atoms with van der Waals surface area (Å²) in [7, 11) is 1.99. The van der Waals surface area contributed by atoms with Gasteiger partial charge in [0.15, 0.2) is 0 Å². The van der Waals surface area contributed by atoms with Crippen LogP contribution in [-0.4, -0.2) is 27.0 Å². The lowest BCUT2D eigenvalue weighted by atomic mass is 10.1. The number of aromatic nitrogens is 2. The number of halogens is 1. The minimum Gasteiger partial charge on any atom is -0.383 e. The molecule has 2 rings (SSSR count). The predicted molar refractivity (Wildman–Crippen MR) is 81.8 cm³/mol. The van der Waals surface area contributed by atoms with Crippen LogP contribution in [0, 0.1) is 0 Å². The van der Waals surface area contributed by atoms with Crippen molar-refractivity contribution < 1.29 is 5.11 Å². The van der Waals surface area contributed by atoms with Gasteiger partial charge in [-0.05, 0) is 33.0 Å². The largest absolute Gasteiger partial charge is 0.383 e. The van der Waals surface area contributed by atoms with E-state index in [1.54, 1.807) is 20.0 Å². The molecule has 0 fully saturated rings. The molecule has 0 aliphatic heterocycles. The predicted octanol–water partition coefficient (Wildman–Crippen LogP) is 3.05. The van der Waals surface area contributed by atoms with Crippen LogP contribution in [0.1, 0.15) is 30.2 Å². The highest BCUT2D eigenvalue weighted by molar-refractivity contribution is 7.09. The fourth-order valence-corrected chi connectivity index (χ4v) is 2.80. The van der Waals surface area contributed by atoms with Crippen LogP contribution in [0.15, 0.2) is 23.7 Å². The van der Waals surface area contributed by atoms with E-state index in [1.807, 2.05) is 24.6 Å². The van der Waals surface area contributed by atoms with Crippen LogP contribution in [0.25, 0.3) is 0 Å². The molecular weight excluding hydrogens is 294 g/mol. The molecule has 2 heterocycles. The first-order valence-electron chi connectivity index (χ1n) is 6.31. The van der Waals surface area contributed by atoms with Gasteiger partial charge in [-0.2, -0.15) is 0 Å². The van der Waals surface area contributed by atoms with E-state index in [1.165, 1.54) is 11.3 Å². The molecule has 0 saturated carbocycles. The molecule has 0 amide bonds. The molecule has 0 bridgehead atoms. The average Bonchev–Trinajstić information content (AvgIpc) is 2.80.